The lowest BCUT2D eigenvalue weighted by molar-refractivity contribution is -0.146. The van der Waals surface area contributed by atoms with Crippen LogP contribution in [0.3, 0.4) is 0 Å². The Balaban J connectivity index is 2.36. The zero-order valence-corrected chi connectivity index (χ0v) is 12.7. The zero-order valence-electron chi connectivity index (χ0n) is 11.9. The molecule has 0 saturated carbocycles. The average molecular weight is 292 g/mol. The standard InChI is InChI=1S/C12H24N2O4S/c1-12(13,11(15)18-3)6-4-7-14(2)10-5-8-19(16,17)9-10/h10H,4-9,13H2,1-3H3. The van der Waals surface area contributed by atoms with E-state index < -0.39 is 21.3 Å². The fourth-order valence-corrected chi connectivity index (χ4v) is 4.14. The van der Waals surface area contributed by atoms with Gasteiger partial charge in [-0.1, -0.05) is 0 Å². The first-order chi connectivity index (χ1) is 8.68. The molecule has 0 spiro atoms. The van der Waals surface area contributed by atoms with E-state index >= 15 is 0 Å². The van der Waals surface area contributed by atoms with Crippen LogP contribution < -0.4 is 5.73 Å². The van der Waals surface area contributed by atoms with Gasteiger partial charge in [-0.3, -0.25) is 4.79 Å². The number of carbonyl (C=O) groups is 1. The van der Waals surface area contributed by atoms with Gasteiger partial charge in [0.1, 0.15) is 5.54 Å². The third-order valence-electron chi connectivity index (χ3n) is 3.69. The van der Waals surface area contributed by atoms with Gasteiger partial charge in [0, 0.05) is 6.04 Å². The SMILES string of the molecule is COC(=O)C(C)(N)CCCN(C)C1CCS(=O)(=O)C1. The molecule has 6 nitrogen and oxygen atoms in total. The minimum absolute atomic E-state index is 0.0900. The Bertz CT molecular complexity index is 419. The normalized spacial score (nSPS) is 25.2. The number of carbonyl (C=O) groups excluding carboxylic acids is 1. The molecule has 2 unspecified atom stereocenters. The number of ether oxygens (including phenoxy) is 1. The monoisotopic (exact) mass is 292 g/mol. The van der Waals surface area contributed by atoms with Crippen LogP contribution in [0.1, 0.15) is 26.2 Å². The summed E-state index contributed by atoms with van der Waals surface area (Å²) in [5, 5.41) is 0. The minimum Gasteiger partial charge on any atom is -0.468 e. The lowest BCUT2D eigenvalue weighted by Gasteiger charge is -2.26. The molecule has 0 radical (unpaired) electrons. The number of esters is 1. The van der Waals surface area contributed by atoms with E-state index in [4.69, 9.17) is 5.73 Å². The van der Waals surface area contributed by atoms with E-state index in [-0.39, 0.29) is 17.5 Å². The van der Waals surface area contributed by atoms with Crippen molar-refractivity contribution in [3.05, 3.63) is 0 Å². The summed E-state index contributed by atoms with van der Waals surface area (Å²) in [6, 6.07) is 0.0900. The van der Waals surface area contributed by atoms with E-state index in [9.17, 15) is 13.2 Å². The lowest BCUT2D eigenvalue weighted by Crippen LogP contribution is -2.46. The molecule has 7 heteroatoms. The molecule has 2 atom stereocenters. The van der Waals surface area contributed by atoms with Crippen LogP contribution in [0.5, 0.6) is 0 Å². The molecule has 1 fully saturated rings. The average Bonchev–Trinajstić information content (AvgIpc) is 2.68. The van der Waals surface area contributed by atoms with Gasteiger partial charge in [0.2, 0.25) is 0 Å². The number of methoxy groups -OCH3 is 1. The highest BCUT2D eigenvalue weighted by Gasteiger charge is 2.32. The topological polar surface area (TPSA) is 89.7 Å². The number of hydrogen-bond acceptors (Lipinski definition) is 6. The van der Waals surface area contributed by atoms with Crippen molar-refractivity contribution >= 4 is 15.8 Å². The van der Waals surface area contributed by atoms with Crippen LogP contribution in [-0.2, 0) is 19.4 Å². The Labute approximate surface area is 115 Å². The van der Waals surface area contributed by atoms with Crippen LogP contribution in [-0.4, -0.2) is 63.1 Å². The molecule has 0 amide bonds. The van der Waals surface area contributed by atoms with E-state index in [2.05, 4.69) is 4.74 Å². The highest BCUT2D eigenvalue weighted by Crippen LogP contribution is 2.18. The summed E-state index contributed by atoms with van der Waals surface area (Å²) in [4.78, 5) is 13.5. The van der Waals surface area contributed by atoms with Gasteiger partial charge in [-0.15, -0.1) is 0 Å². The maximum atomic E-state index is 11.4. The van der Waals surface area contributed by atoms with Gasteiger partial charge in [-0.25, -0.2) is 8.42 Å². The number of rotatable bonds is 6. The fourth-order valence-electron chi connectivity index (χ4n) is 2.34. The molecular weight excluding hydrogens is 268 g/mol. The molecule has 0 bridgehead atoms. The molecule has 19 heavy (non-hydrogen) atoms. The third kappa shape index (κ3) is 4.74. The smallest absolute Gasteiger partial charge is 0.325 e. The van der Waals surface area contributed by atoms with Crippen molar-refractivity contribution in [2.24, 2.45) is 5.73 Å². The van der Waals surface area contributed by atoms with E-state index in [0.717, 1.165) is 13.0 Å². The number of sulfone groups is 1. The Morgan fingerprint density at radius 3 is 2.63 bits per heavy atom. The molecule has 0 aromatic carbocycles. The number of nitrogens with zero attached hydrogens (tertiary/aromatic N) is 1. The van der Waals surface area contributed by atoms with Gasteiger partial charge in [-0.2, -0.15) is 0 Å². The first-order valence-corrected chi connectivity index (χ1v) is 8.28. The van der Waals surface area contributed by atoms with Gasteiger partial charge in [-0.05, 0) is 39.8 Å². The van der Waals surface area contributed by atoms with Crippen LogP contribution in [0.25, 0.3) is 0 Å². The number of nitrogens with two attached hydrogens (primary N) is 1. The number of hydrogen-bond donors (Lipinski definition) is 1. The maximum absolute atomic E-state index is 11.4. The second-order valence-corrected chi connectivity index (χ2v) is 7.78. The molecule has 112 valence electrons. The van der Waals surface area contributed by atoms with Crippen molar-refractivity contribution < 1.29 is 17.9 Å². The summed E-state index contributed by atoms with van der Waals surface area (Å²) < 4.78 is 27.4. The Kier molecular flexibility index (Phi) is 5.34. The Morgan fingerprint density at radius 2 is 2.16 bits per heavy atom. The molecule has 0 aliphatic carbocycles. The first kappa shape index (κ1) is 16.4. The van der Waals surface area contributed by atoms with Crippen LogP contribution in [0.15, 0.2) is 0 Å². The highest BCUT2D eigenvalue weighted by atomic mass is 32.2. The Hall–Kier alpha value is -0.660. The summed E-state index contributed by atoms with van der Waals surface area (Å²) in [7, 11) is 0.385. The van der Waals surface area contributed by atoms with Crippen LogP contribution in [0.4, 0.5) is 0 Å². The Morgan fingerprint density at radius 1 is 1.53 bits per heavy atom. The van der Waals surface area contributed by atoms with E-state index in [0.29, 0.717) is 12.8 Å². The van der Waals surface area contributed by atoms with Gasteiger partial charge < -0.3 is 15.4 Å². The molecule has 1 saturated heterocycles. The van der Waals surface area contributed by atoms with Gasteiger partial charge in [0.15, 0.2) is 9.84 Å². The summed E-state index contributed by atoms with van der Waals surface area (Å²) in [5.74, 6) is 0.0951. The molecule has 1 heterocycles. The summed E-state index contributed by atoms with van der Waals surface area (Å²) in [5.41, 5.74) is 4.89. The fraction of sp³-hybridized carbons (Fsp3) is 0.917. The largest absolute Gasteiger partial charge is 0.468 e. The second kappa shape index (κ2) is 6.19. The van der Waals surface area contributed by atoms with E-state index in [1.807, 2.05) is 11.9 Å². The molecule has 1 aliphatic heterocycles. The molecule has 0 aromatic rings. The van der Waals surface area contributed by atoms with Crippen LogP contribution in [0.2, 0.25) is 0 Å². The predicted molar refractivity (Wildman–Crippen MR) is 73.5 cm³/mol. The lowest BCUT2D eigenvalue weighted by atomic mass is 9.97. The third-order valence-corrected chi connectivity index (χ3v) is 5.44. The van der Waals surface area contributed by atoms with Crippen molar-refractivity contribution in [1.82, 2.24) is 4.90 Å². The molecule has 1 rings (SSSR count). The molecular formula is C12H24N2O4S. The predicted octanol–water partition coefficient (Wildman–Crippen LogP) is -0.224. The van der Waals surface area contributed by atoms with Crippen molar-refractivity contribution in [2.45, 2.75) is 37.8 Å². The minimum atomic E-state index is -2.85. The van der Waals surface area contributed by atoms with Crippen molar-refractivity contribution in [1.29, 1.82) is 0 Å². The highest BCUT2D eigenvalue weighted by molar-refractivity contribution is 7.91. The van der Waals surface area contributed by atoms with Gasteiger partial charge in [0.25, 0.3) is 0 Å². The molecule has 0 aromatic heterocycles. The van der Waals surface area contributed by atoms with Crippen molar-refractivity contribution in [3.8, 4) is 0 Å². The van der Waals surface area contributed by atoms with Gasteiger partial charge in [0.05, 0.1) is 18.6 Å². The van der Waals surface area contributed by atoms with Gasteiger partial charge >= 0.3 is 5.97 Å². The summed E-state index contributed by atoms with van der Waals surface area (Å²) >= 11 is 0. The maximum Gasteiger partial charge on any atom is 0.325 e. The van der Waals surface area contributed by atoms with Crippen LogP contribution >= 0.6 is 0 Å². The second-order valence-electron chi connectivity index (χ2n) is 5.55. The van der Waals surface area contributed by atoms with Crippen molar-refractivity contribution in [2.75, 3.05) is 32.2 Å². The quantitative estimate of drug-likeness (QED) is 0.681. The zero-order chi connectivity index (χ0) is 14.7. The van der Waals surface area contributed by atoms with Crippen molar-refractivity contribution in [3.63, 3.8) is 0 Å². The first-order valence-electron chi connectivity index (χ1n) is 6.46. The summed E-state index contributed by atoms with van der Waals surface area (Å²) in [6.07, 6.45) is 1.94. The summed E-state index contributed by atoms with van der Waals surface area (Å²) in [6.45, 7) is 2.38. The molecule has 1 aliphatic rings. The van der Waals surface area contributed by atoms with Crippen LogP contribution in [0, 0.1) is 0 Å². The van der Waals surface area contributed by atoms with E-state index in [1.165, 1.54) is 7.11 Å². The molecule has 2 N–H and O–H groups in total. The van der Waals surface area contributed by atoms with E-state index in [1.54, 1.807) is 6.92 Å².